The van der Waals surface area contributed by atoms with Crippen molar-refractivity contribution >= 4 is 17.6 Å². The molecular weight excluding hydrogens is 352 g/mol. The first kappa shape index (κ1) is 20.5. The highest BCUT2D eigenvalue weighted by Gasteiger charge is 2.27. The molecular formula is C22H34N4O2. The summed E-state index contributed by atoms with van der Waals surface area (Å²) in [7, 11) is 0. The fourth-order valence-corrected chi connectivity index (χ4v) is 4.32. The first-order chi connectivity index (χ1) is 13.4. The van der Waals surface area contributed by atoms with E-state index >= 15 is 0 Å². The quantitative estimate of drug-likeness (QED) is 0.679. The van der Waals surface area contributed by atoms with Gasteiger partial charge in [0.05, 0.1) is 6.04 Å². The van der Waals surface area contributed by atoms with E-state index in [0.717, 1.165) is 44.3 Å². The van der Waals surface area contributed by atoms with E-state index in [1.165, 1.54) is 11.1 Å². The number of urea groups is 1. The van der Waals surface area contributed by atoms with Crippen LogP contribution in [0.2, 0.25) is 0 Å². The van der Waals surface area contributed by atoms with Gasteiger partial charge in [-0.1, -0.05) is 19.9 Å². The number of carbonyl (C=O) groups excluding carboxylic acids is 2. The molecule has 1 fully saturated rings. The molecule has 1 saturated heterocycles. The van der Waals surface area contributed by atoms with Gasteiger partial charge in [0.2, 0.25) is 5.91 Å². The first-order valence-electron chi connectivity index (χ1n) is 10.6. The van der Waals surface area contributed by atoms with Crippen molar-refractivity contribution in [1.82, 2.24) is 15.5 Å². The molecule has 4 N–H and O–H groups in total. The molecule has 6 nitrogen and oxygen atoms in total. The third kappa shape index (κ3) is 5.40. The Morgan fingerprint density at radius 1 is 1.25 bits per heavy atom. The number of carbonyl (C=O) groups is 2. The number of rotatable bonds is 5. The van der Waals surface area contributed by atoms with Gasteiger partial charge >= 0.3 is 6.03 Å². The number of anilines is 1. The van der Waals surface area contributed by atoms with Crippen LogP contribution >= 0.6 is 0 Å². The van der Waals surface area contributed by atoms with E-state index in [4.69, 9.17) is 5.73 Å². The molecule has 3 amide bonds. The van der Waals surface area contributed by atoms with E-state index in [9.17, 15) is 9.59 Å². The summed E-state index contributed by atoms with van der Waals surface area (Å²) in [6, 6.07) is 6.07. The van der Waals surface area contributed by atoms with Gasteiger partial charge in [-0.2, -0.15) is 0 Å². The van der Waals surface area contributed by atoms with Gasteiger partial charge in [-0.3, -0.25) is 4.79 Å². The van der Waals surface area contributed by atoms with Crippen molar-refractivity contribution in [1.29, 1.82) is 0 Å². The van der Waals surface area contributed by atoms with Gasteiger partial charge in [0.15, 0.2) is 0 Å². The van der Waals surface area contributed by atoms with Gasteiger partial charge in [0, 0.05) is 31.7 Å². The molecule has 0 saturated carbocycles. The SMILES string of the molecule is CC(C)CNC(=O)N1CCCC(CC(=O)NC2CCCc3cc(N)ccc32)C1. The van der Waals surface area contributed by atoms with Gasteiger partial charge in [0.25, 0.3) is 0 Å². The summed E-state index contributed by atoms with van der Waals surface area (Å²) < 4.78 is 0. The fourth-order valence-electron chi connectivity index (χ4n) is 4.32. The van der Waals surface area contributed by atoms with E-state index in [2.05, 4.69) is 30.5 Å². The number of aryl methyl sites for hydroxylation is 1. The summed E-state index contributed by atoms with van der Waals surface area (Å²) in [5.74, 6) is 0.751. The predicted molar refractivity (Wildman–Crippen MR) is 112 cm³/mol. The van der Waals surface area contributed by atoms with Gasteiger partial charge in [-0.15, -0.1) is 0 Å². The van der Waals surface area contributed by atoms with E-state index in [0.29, 0.717) is 25.4 Å². The second-order valence-electron chi connectivity index (χ2n) is 8.71. The van der Waals surface area contributed by atoms with Crippen LogP contribution in [0.1, 0.15) is 63.1 Å². The molecule has 2 atom stereocenters. The minimum Gasteiger partial charge on any atom is -0.399 e. The van der Waals surface area contributed by atoms with Crippen LogP contribution in [-0.4, -0.2) is 36.5 Å². The average Bonchev–Trinajstić information content (AvgIpc) is 2.66. The summed E-state index contributed by atoms with van der Waals surface area (Å²) >= 11 is 0. The molecule has 0 aromatic heterocycles. The van der Waals surface area contributed by atoms with Crippen LogP contribution in [0.25, 0.3) is 0 Å². The van der Waals surface area contributed by atoms with Crippen LogP contribution in [0.5, 0.6) is 0 Å². The topological polar surface area (TPSA) is 87.5 Å². The van der Waals surface area contributed by atoms with E-state index < -0.39 is 0 Å². The zero-order valence-corrected chi connectivity index (χ0v) is 17.2. The monoisotopic (exact) mass is 386 g/mol. The zero-order valence-electron chi connectivity index (χ0n) is 17.2. The number of benzene rings is 1. The van der Waals surface area contributed by atoms with E-state index in [-0.39, 0.29) is 23.9 Å². The van der Waals surface area contributed by atoms with Crippen LogP contribution in [0.4, 0.5) is 10.5 Å². The molecule has 3 rings (SSSR count). The number of likely N-dealkylation sites (tertiary alicyclic amines) is 1. The molecule has 1 aromatic rings. The second kappa shape index (κ2) is 9.30. The summed E-state index contributed by atoms with van der Waals surface area (Å²) in [6.07, 6.45) is 5.49. The number of nitrogens with one attached hydrogen (secondary N) is 2. The molecule has 0 bridgehead atoms. The predicted octanol–water partition coefficient (Wildman–Crippen LogP) is 3.23. The molecule has 1 aliphatic carbocycles. The lowest BCUT2D eigenvalue weighted by Crippen LogP contribution is -2.47. The van der Waals surface area contributed by atoms with Crippen molar-refractivity contribution in [2.45, 2.75) is 58.4 Å². The Kier molecular flexibility index (Phi) is 6.81. The Morgan fingerprint density at radius 3 is 2.86 bits per heavy atom. The summed E-state index contributed by atoms with van der Waals surface area (Å²) in [5.41, 5.74) is 9.14. The van der Waals surface area contributed by atoms with Crippen molar-refractivity contribution in [3.05, 3.63) is 29.3 Å². The molecule has 2 aliphatic rings. The van der Waals surface area contributed by atoms with Crippen LogP contribution in [0.15, 0.2) is 18.2 Å². The largest absolute Gasteiger partial charge is 0.399 e. The zero-order chi connectivity index (χ0) is 20.1. The number of amides is 3. The van der Waals surface area contributed by atoms with Crippen molar-refractivity contribution in [2.75, 3.05) is 25.4 Å². The standard InChI is InChI=1S/C22H34N4O2/c1-15(2)13-24-22(28)26-10-4-5-16(14-26)11-21(27)25-20-7-3-6-17-12-18(23)8-9-19(17)20/h8-9,12,15-16,20H,3-7,10-11,13-14,23H2,1-2H3,(H,24,28)(H,25,27). The number of nitrogens with zero attached hydrogens (tertiary/aromatic N) is 1. The Hall–Kier alpha value is -2.24. The lowest BCUT2D eigenvalue weighted by Gasteiger charge is -2.33. The summed E-state index contributed by atoms with van der Waals surface area (Å²) in [5, 5.41) is 6.21. The molecule has 28 heavy (non-hydrogen) atoms. The molecule has 1 aromatic carbocycles. The van der Waals surface area contributed by atoms with Crippen molar-refractivity contribution < 1.29 is 9.59 Å². The minimum atomic E-state index is -0.00222. The average molecular weight is 387 g/mol. The van der Waals surface area contributed by atoms with Crippen molar-refractivity contribution in [2.24, 2.45) is 11.8 Å². The number of piperidine rings is 1. The fraction of sp³-hybridized carbons (Fsp3) is 0.636. The maximum Gasteiger partial charge on any atom is 0.317 e. The lowest BCUT2D eigenvalue weighted by molar-refractivity contribution is -0.123. The molecule has 1 heterocycles. The third-order valence-corrected chi connectivity index (χ3v) is 5.76. The number of nitrogen functional groups attached to an aromatic ring is 1. The molecule has 154 valence electrons. The van der Waals surface area contributed by atoms with E-state index in [1.54, 1.807) is 0 Å². The molecule has 6 heteroatoms. The van der Waals surface area contributed by atoms with Gasteiger partial charge < -0.3 is 21.3 Å². The van der Waals surface area contributed by atoms with Crippen molar-refractivity contribution in [3.63, 3.8) is 0 Å². The van der Waals surface area contributed by atoms with Crippen LogP contribution in [0.3, 0.4) is 0 Å². The van der Waals surface area contributed by atoms with E-state index in [1.807, 2.05) is 17.0 Å². The molecule has 0 spiro atoms. The Labute approximate surface area is 168 Å². The van der Waals surface area contributed by atoms with Crippen molar-refractivity contribution in [3.8, 4) is 0 Å². The maximum absolute atomic E-state index is 12.7. The molecule has 2 unspecified atom stereocenters. The van der Waals surface area contributed by atoms with Gasteiger partial charge in [-0.25, -0.2) is 4.79 Å². The number of nitrogens with two attached hydrogens (primary N) is 1. The highest BCUT2D eigenvalue weighted by molar-refractivity contribution is 5.77. The summed E-state index contributed by atoms with van der Waals surface area (Å²) in [6.45, 7) is 6.30. The van der Waals surface area contributed by atoms with Gasteiger partial charge in [-0.05, 0) is 67.2 Å². The normalized spacial score (nSPS) is 21.9. The Bertz CT molecular complexity index is 704. The van der Waals surface area contributed by atoms with Crippen LogP contribution in [0, 0.1) is 11.8 Å². The Morgan fingerprint density at radius 2 is 2.07 bits per heavy atom. The third-order valence-electron chi connectivity index (χ3n) is 5.76. The van der Waals surface area contributed by atoms with Crippen LogP contribution < -0.4 is 16.4 Å². The summed E-state index contributed by atoms with van der Waals surface area (Å²) in [4.78, 5) is 26.9. The maximum atomic E-state index is 12.7. The second-order valence-corrected chi connectivity index (χ2v) is 8.71. The highest BCUT2D eigenvalue weighted by atomic mass is 16.2. The highest BCUT2D eigenvalue weighted by Crippen LogP contribution is 2.31. The van der Waals surface area contributed by atoms with Gasteiger partial charge in [0.1, 0.15) is 0 Å². The smallest absolute Gasteiger partial charge is 0.317 e. The number of hydrogen-bond donors (Lipinski definition) is 3. The minimum absolute atomic E-state index is 0.00222. The van der Waals surface area contributed by atoms with Crippen LogP contribution in [-0.2, 0) is 11.2 Å². The lowest BCUT2D eigenvalue weighted by atomic mass is 9.87. The number of hydrogen-bond acceptors (Lipinski definition) is 3. The number of fused-ring (bicyclic) bond motifs is 1. The molecule has 1 aliphatic heterocycles. The molecule has 0 radical (unpaired) electrons. The Balaban J connectivity index is 1.52. The first-order valence-corrected chi connectivity index (χ1v) is 10.6.